The van der Waals surface area contributed by atoms with Crippen LogP contribution in [0.15, 0.2) is 414 Å². The first-order valence-corrected chi connectivity index (χ1v) is 41.0. The SMILES string of the molecule is [Be+2].[Ca+2].[Mg+2].[O-]c1ccc(-c2ccc(/C=C/c3ccccc3)cc2)cc1Sc1cc(-c2ccc(/C=C/c3ccccc3)cc2)cc(S)c1[O-].[O-]c1ccc(-c2ccc(/C=C/c3ccccc3)cc2)cc1Sc1cc(-c2ccc(/C=C/c3ccccc3)cc2)cc(S)c1[O-].[O-]c1ccc(-c2ccccc2)cc1Sc1cc(-c2ccccc2)cc(S)c1[O-]. The fraction of sp³-hybridized carbons (Fsp3) is 0. The van der Waals surface area contributed by atoms with E-state index in [4.69, 9.17) is 0 Å². The average Bonchev–Trinajstić information content (AvgIpc) is 0.807. The van der Waals surface area contributed by atoms with Crippen LogP contribution in [-0.2, 0) is 0 Å². The van der Waals surface area contributed by atoms with Gasteiger partial charge in [-0.05, 0) is 181 Å². The van der Waals surface area contributed by atoms with Crippen LogP contribution >= 0.6 is 73.2 Å². The summed E-state index contributed by atoms with van der Waals surface area (Å²) in [5, 5.41) is 77.0. The van der Waals surface area contributed by atoms with Crippen LogP contribution in [0.4, 0.5) is 0 Å². The van der Waals surface area contributed by atoms with Crippen molar-refractivity contribution in [3.05, 3.63) is 415 Å². The summed E-state index contributed by atoms with van der Waals surface area (Å²) >= 11 is 16.9. The second-order valence-corrected chi connectivity index (χ2v) is 31.7. The fourth-order valence-corrected chi connectivity index (χ4v) is 16.5. The monoisotopic (exact) mass is 1680 g/mol. The molecule has 0 aliphatic heterocycles. The minimum absolute atomic E-state index is 0. The number of thiol groups is 3. The second kappa shape index (κ2) is 44.0. The quantitative estimate of drug-likeness (QED) is 0.0387. The molecule has 16 aromatic carbocycles. The fourth-order valence-electron chi connectivity index (χ4n) is 12.6. The molecule has 16 rings (SSSR count). The summed E-state index contributed by atoms with van der Waals surface area (Å²) in [4.78, 5) is 4.02. The molecule has 0 aromatic heterocycles. The van der Waals surface area contributed by atoms with Crippen molar-refractivity contribution in [3.8, 4) is 101 Å². The van der Waals surface area contributed by atoms with Gasteiger partial charge in [0.05, 0.1) is 0 Å². The number of hydrogen-bond acceptors (Lipinski definition) is 12. The molecule has 0 spiro atoms. The van der Waals surface area contributed by atoms with Gasteiger partial charge >= 0.3 is 70.9 Å². The Kier molecular flexibility index (Phi) is 33.1. The third-order valence-electron chi connectivity index (χ3n) is 18.9. The van der Waals surface area contributed by atoms with E-state index in [0.29, 0.717) is 44.1 Å². The van der Waals surface area contributed by atoms with Crippen LogP contribution in [0.3, 0.4) is 0 Å². The second-order valence-electron chi connectivity index (χ2n) is 27.0. The molecule has 0 heterocycles. The normalized spacial score (nSPS) is 10.9. The van der Waals surface area contributed by atoms with Gasteiger partial charge in [0.25, 0.3) is 0 Å². The van der Waals surface area contributed by atoms with Crippen molar-refractivity contribution in [3.63, 3.8) is 0 Å². The van der Waals surface area contributed by atoms with E-state index in [9.17, 15) is 30.6 Å². The third-order valence-corrected chi connectivity index (χ3v) is 23.0. The molecular weight excluding hydrogens is 1610 g/mol. The summed E-state index contributed by atoms with van der Waals surface area (Å²) in [7, 11) is 0. The van der Waals surface area contributed by atoms with Crippen LogP contribution in [0, 0.1) is 0 Å². The Morgan fingerprint density at radius 1 is 0.185 bits per heavy atom. The predicted molar refractivity (Wildman–Crippen MR) is 501 cm³/mol. The first-order chi connectivity index (χ1) is 56.6. The molecule has 0 unspecified atom stereocenters. The van der Waals surface area contributed by atoms with Gasteiger partial charge in [0.2, 0.25) is 0 Å². The molecule has 0 radical (unpaired) electrons. The minimum atomic E-state index is -0.191. The van der Waals surface area contributed by atoms with E-state index in [1.807, 2.05) is 261 Å². The van der Waals surface area contributed by atoms with Gasteiger partial charge in [-0.2, -0.15) is 0 Å². The minimum Gasteiger partial charge on any atom is -0.872 e. The van der Waals surface area contributed by atoms with Gasteiger partial charge in [0.15, 0.2) is 0 Å². The first kappa shape index (κ1) is 89.4. The van der Waals surface area contributed by atoms with Crippen molar-refractivity contribution < 1.29 is 30.6 Å². The van der Waals surface area contributed by atoms with Crippen molar-refractivity contribution >= 4 is 193 Å². The maximum absolute atomic E-state index is 13.1. The topological polar surface area (TPSA) is 138 Å². The van der Waals surface area contributed by atoms with Crippen molar-refractivity contribution in [1.82, 2.24) is 0 Å². The Balaban J connectivity index is 0.000000177. The zero-order valence-electron chi connectivity index (χ0n) is 64.5. The van der Waals surface area contributed by atoms with Crippen LogP contribution in [0.2, 0.25) is 0 Å². The van der Waals surface area contributed by atoms with Gasteiger partial charge < -0.3 is 30.6 Å². The summed E-state index contributed by atoms with van der Waals surface area (Å²) in [6.07, 6.45) is 16.6. The Morgan fingerprint density at radius 2 is 0.353 bits per heavy atom. The van der Waals surface area contributed by atoms with Crippen molar-refractivity contribution in [1.29, 1.82) is 0 Å². The van der Waals surface area contributed by atoms with Crippen LogP contribution in [0.5, 0.6) is 34.5 Å². The van der Waals surface area contributed by atoms with Gasteiger partial charge in [-0.1, -0.05) is 434 Å². The smallest absolute Gasteiger partial charge is 0.872 e. The van der Waals surface area contributed by atoms with Crippen LogP contribution in [-0.4, -0.2) is 70.9 Å². The summed E-state index contributed by atoms with van der Waals surface area (Å²) in [5.41, 5.74) is 20.3. The molecule has 0 saturated carbocycles. The molecule has 566 valence electrons. The molecule has 0 atom stereocenters. The zero-order chi connectivity index (χ0) is 80.1. The van der Waals surface area contributed by atoms with E-state index in [-0.39, 0.29) is 105 Å². The molecule has 15 heteroatoms. The predicted octanol–water partition coefficient (Wildman–Crippen LogP) is 24.4. The Hall–Kier alpha value is -10.4. The van der Waals surface area contributed by atoms with Crippen LogP contribution < -0.4 is 30.6 Å². The maximum atomic E-state index is 13.1. The summed E-state index contributed by atoms with van der Waals surface area (Å²) < 4.78 is 0. The summed E-state index contributed by atoms with van der Waals surface area (Å²) in [5.74, 6) is -0.900. The summed E-state index contributed by atoms with van der Waals surface area (Å²) in [6, 6.07) is 120. The molecular formula is C104H72BeCaMgO6S6. The van der Waals surface area contributed by atoms with Crippen LogP contribution in [0.25, 0.3) is 115 Å². The standard InChI is InChI=1S/2C40H30O2S2.C24H18O2S2.Be.Ca.Mg/c2*41-36-24-23-34(32-19-15-30(16-20-32)13-11-28-7-3-1-4-8-28)26-38(36)44-39-27-35(25-37(43)40(39)42)33-21-17-31(18-22-33)14-12-29-9-5-2-6-10-29;25-20-12-11-18(16-7-3-1-4-8-16)14-22(20)28-23-15-19(13-21(27)24(23)26)17-9-5-2-6-10-17;;;/h2*1-27,41-43H;1-15,25-27H;;;/q;;;3*+2/p-6/b2*13-11+,14-12+;;;;. The Morgan fingerprint density at radius 3 is 0.580 bits per heavy atom. The summed E-state index contributed by atoms with van der Waals surface area (Å²) in [6.45, 7) is 0. The third kappa shape index (κ3) is 24.6. The first-order valence-electron chi connectivity index (χ1n) is 37.2. The van der Waals surface area contributed by atoms with E-state index in [0.717, 1.165) is 111 Å². The van der Waals surface area contributed by atoms with Crippen molar-refractivity contribution in [2.75, 3.05) is 0 Å². The van der Waals surface area contributed by atoms with E-state index < -0.39 is 0 Å². The molecule has 0 bridgehead atoms. The molecule has 119 heavy (non-hydrogen) atoms. The Bertz CT molecular complexity index is 5880. The van der Waals surface area contributed by atoms with Gasteiger partial charge in [-0.3, -0.25) is 0 Å². The molecule has 0 amide bonds. The molecule has 0 saturated heterocycles. The zero-order valence-corrected chi connectivity index (χ0v) is 73.2. The van der Waals surface area contributed by atoms with Crippen molar-refractivity contribution in [2.45, 2.75) is 44.1 Å². The molecule has 0 aliphatic rings. The average molecular weight is 1680 g/mol. The van der Waals surface area contributed by atoms with Crippen molar-refractivity contribution in [2.24, 2.45) is 0 Å². The number of hydrogen-bond donors (Lipinski definition) is 3. The van der Waals surface area contributed by atoms with E-state index >= 15 is 0 Å². The van der Waals surface area contributed by atoms with E-state index in [1.54, 1.807) is 36.4 Å². The number of benzene rings is 16. The van der Waals surface area contributed by atoms with Gasteiger partial charge in [0.1, 0.15) is 0 Å². The largest absolute Gasteiger partial charge is 2.00 e. The molecule has 0 fully saturated rings. The Labute approximate surface area is 774 Å². The molecule has 0 N–H and O–H groups in total. The molecule has 16 aromatic rings. The van der Waals surface area contributed by atoms with Gasteiger partial charge in [-0.25, -0.2) is 0 Å². The van der Waals surface area contributed by atoms with Gasteiger partial charge in [-0.15, -0.1) is 37.9 Å². The maximum Gasteiger partial charge on any atom is 2.00 e. The van der Waals surface area contributed by atoms with E-state index in [2.05, 4.69) is 159 Å². The van der Waals surface area contributed by atoms with Gasteiger partial charge in [0, 0.05) is 29.4 Å². The molecule has 0 aliphatic carbocycles. The van der Waals surface area contributed by atoms with E-state index in [1.165, 1.54) is 35.3 Å². The van der Waals surface area contributed by atoms with Crippen LogP contribution in [0.1, 0.15) is 44.5 Å². The molecule has 6 nitrogen and oxygen atoms in total. The number of rotatable bonds is 20.